The van der Waals surface area contributed by atoms with Gasteiger partial charge in [0.1, 0.15) is 6.33 Å². The highest BCUT2D eigenvalue weighted by Gasteiger charge is 2.29. The Balaban J connectivity index is 2.36. The van der Waals surface area contributed by atoms with Crippen LogP contribution in [0.15, 0.2) is 6.33 Å². The number of carbonyl (C=O) groups is 1. The van der Waals surface area contributed by atoms with E-state index in [1.165, 1.54) is 6.92 Å². The topological polar surface area (TPSA) is 100 Å². The summed E-state index contributed by atoms with van der Waals surface area (Å²) in [5.74, 6) is -0.706. The maximum Gasteiger partial charge on any atom is 0.336 e. The number of aryl methyl sites for hydroxylation is 1. The normalized spacial score (nSPS) is 14.9. The second kappa shape index (κ2) is 4.37. The molecule has 1 atom stereocenters. The van der Waals surface area contributed by atoms with Crippen LogP contribution in [0.5, 0.6) is 0 Å². The number of carboxylic acid groups (broad SMARTS) is 1. The molecule has 0 aliphatic rings. The van der Waals surface area contributed by atoms with Crippen LogP contribution in [0.1, 0.15) is 12.7 Å². The number of rotatable bonds is 5. The van der Waals surface area contributed by atoms with Crippen molar-refractivity contribution in [1.82, 2.24) is 20.1 Å². The quantitative estimate of drug-likeness (QED) is 0.565. The van der Waals surface area contributed by atoms with Crippen LogP contribution in [0.4, 0.5) is 0 Å². The molecule has 0 aromatic carbocycles. The summed E-state index contributed by atoms with van der Waals surface area (Å²) in [5.41, 5.74) is -1.77. The molecule has 84 valence electrons. The van der Waals surface area contributed by atoms with Crippen LogP contribution in [0.3, 0.4) is 0 Å². The number of hydrogen-bond acceptors (Lipinski definition) is 5. The Morgan fingerprint density at radius 1 is 1.73 bits per heavy atom. The van der Waals surface area contributed by atoms with Crippen LogP contribution in [0, 0.1) is 0 Å². The molecular formula is C8H14N4O3. The van der Waals surface area contributed by atoms with Crippen molar-refractivity contribution in [3.8, 4) is 0 Å². The van der Waals surface area contributed by atoms with Crippen molar-refractivity contribution >= 4 is 5.97 Å². The van der Waals surface area contributed by atoms with Gasteiger partial charge in [0.05, 0.1) is 6.54 Å². The van der Waals surface area contributed by atoms with Gasteiger partial charge in [-0.2, -0.15) is 5.10 Å². The lowest BCUT2D eigenvalue weighted by Crippen LogP contribution is -2.44. The fourth-order valence-electron chi connectivity index (χ4n) is 0.958. The second-order valence-electron chi connectivity index (χ2n) is 3.52. The SMILES string of the molecule is Cn1cnc(CNCC(C)(O)C(=O)O)n1. The molecule has 1 heterocycles. The first kappa shape index (κ1) is 11.6. The molecule has 7 heteroatoms. The van der Waals surface area contributed by atoms with Crippen molar-refractivity contribution in [3.63, 3.8) is 0 Å². The Kier molecular flexibility index (Phi) is 3.38. The summed E-state index contributed by atoms with van der Waals surface area (Å²) in [5, 5.41) is 24.7. The minimum absolute atomic E-state index is 0.0550. The summed E-state index contributed by atoms with van der Waals surface area (Å²) in [6, 6.07) is 0. The summed E-state index contributed by atoms with van der Waals surface area (Å²) >= 11 is 0. The molecule has 0 bridgehead atoms. The molecule has 0 amide bonds. The van der Waals surface area contributed by atoms with Gasteiger partial charge in [0, 0.05) is 13.6 Å². The van der Waals surface area contributed by atoms with Gasteiger partial charge in [-0.15, -0.1) is 0 Å². The molecular weight excluding hydrogens is 200 g/mol. The van der Waals surface area contributed by atoms with Crippen molar-refractivity contribution in [2.75, 3.05) is 6.54 Å². The lowest BCUT2D eigenvalue weighted by Gasteiger charge is -2.17. The molecule has 1 unspecified atom stereocenters. The van der Waals surface area contributed by atoms with Crippen molar-refractivity contribution in [1.29, 1.82) is 0 Å². The lowest BCUT2D eigenvalue weighted by molar-refractivity contribution is -0.156. The van der Waals surface area contributed by atoms with Crippen LogP contribution in [-0.4, -0.2) is 43.1 Å². The largest absolute Gasteiger partial charge is 0.479 e. The Morgan fingerprint density at radius 2 is 2.40 bits per heavy atom. The van der Waals surface area contributed by atoms with E-state index in [0.29, 0.717) is 12.4 Å². The molecule has 0 aliphatic carbocycles. The fraction of sp³-hybridized carbons (Fsp3) is 0.625. The predicted octanol–water partition coefficient (Wildman–Crippen LogP) is -1.26. The van der Waals surface area contributed by atoms with Crippen molar-refractivity contribution < 1.29 is 15.0 Å². The number of aliphatic carboxylic acids is 1. The highest BCUT2D eigenvalue weighted by Crippen LogP contribution is 2.01. The standard InChI is InChI=1S/C8H14N4O3/c1-8(15,7(13)14)4-9-3-6-10-5-12(2)11-6/h5,9,15H,3-4H2,1-2H3,(H,13,14). The molecule has 0 saturated carbocycles. The van der Waals surface area contributed by atoms with Gasteiger partial charge in [0.25, 0.3) is 0 Å². The molecule has 0 fully saturated rings. The summed E-state index contributed by atoms with van der Waals surface area (Å²) in [7, 11) is 1.74. The third kappa shape index (κ3) is 3.30. The second-order valence-corrected chi connectivity index (χ2v) is 3.52. The number of nitrogens with one attached hydrogen (secondary N) is 1. The van der Waals surface area contributed by atoms with Gasteiger partial charge in [0.15, 0.2) is 11.4 Å². The zero-order valence-corrected chi connectivity index (χ0v) is 8.64. The summed E-state index contributed by atoms with van der Waals surface area (Å²) in [6.07, 6.45) is 1.55. The van der Waals surface area contributed by atoms with E-state index in [1.54, 1.807) is 18.1 Å². The van der Waals surface area contributed by atoms with Crippen LogP contribution in [-0.2, 0) is 18.4 Å². The molecule has 15 heavy (non-hydrogen) atoms. The van der Waals surface area contributed by atoms with Gasteiger partial charge >= 0.3 is 5.97 Å². The average molecular weight is 214 g/mol. The van der Waals surface area contributed by atoms with Crippen molar-refractivity contribution in [2.45, 2.75) is 19.1 Å². The highest BCUT2D eigenvalue weighted by atomic mass is 16.4. The first-order chi connectivity index (χ1) is 6.92. The van der Waals surface area contributed by atoms with Crippen LogP contribution in [0.25, 0.3) is 0 Å². The summed E-state index contributed by atoms with van der Waals surface area (Å²) in [4.78, 5) is 14.5. The molecule has 3 N–H and O–H groups in total. The Bertz CT molecular complexity index is 347. The van der Waals surface area contributed by atoms with E-state index in [1.807, 2.05) is 0 Å². The minimum Gasteiger partial charge on any atom is -0.479 e. The van der Waals surface area contributed by atoms with Crippen LogP contribution >= 0.6 is 0 Å². The maximum atomic E-state index is 10.5. The Hall–Kier alpha value is -1.47. The number of carboxylic acids is 1. The Morgan fingerprint density at radius 3 is 2.87 bits per heavy atom. The zero-order valence-electron chi connectivity index (χ0n) is 8.64. The zero-order chi connectivity index (χ0) is 11.5. The average Bonchev–Trinajstić information content (AvgIpc) is 2.51. The first-order valence-corrected chi connectivity index (χ1v) is 4.43. The van der Waals surface area contributed by atoms with Gasteiger partial charge in [-0.3, -0.25) is 4.68 Å². The van der Waals surface area contributed by atoms with Crippen LogP contribution in [0.2, 0.25) is 0 Å². The van der Waals surface area contributed by atoms with E-state index in [0.717, 1.165) is 0 Å². The van der Waals surface area contributed by atoms with Gasteiger partial charge < -0.3 is 15.5 Å². The molecule has 0 saturated heterocycles. The molecule has 0 radical (unpaired) electrons. The number of nitrogens with zero attached hydrogens (tertiary/aromatic N) is 3. The summed E-state index contributed by atoms with van der Waals surface area (Å²) < 4.78 is 1.55. The number of aromatic nitrogens is 3. The summed E-state index contributed by atoms with van der Waals surface area (Å²) in [6.45, 7) is 1.50. The maximum absolute atomic E-state index is 10.5. The van der Waals surface area contributed by atoms with E-state index in [4.69, 9.17) is 5.11 Å². The van der Waals surface area contributed by atoms with Crippen molar-refractivity contribution in [3.05, 3.63) is 12.2 Å². The number of aliphatic hydroxyl groups is 1. The Labute approximate surface area is 86.7 Å². The minimum atomic E-state index is -1.77. The fourth-order valence-corrected chi connectivity index (χ4v) is 0.958. The molecule has 1 rings (SSSR count). The lowest BCUT2D eigenvalue weighted by atomic mass is 10.1. The monoisotopic (exact) mass is 214 g/mol. The number of hydrogen-bond donors (Lipinski definition) is 3. The first-order valence-electron chi connectivity index (χ1n) is 4.43. The molecule has 0 spiro atoms. The van der Waals surface area contributed by atoms with E-state index in [-0.39, 0.29) is 6.54 Å². The van der Waals surface area contributed by atoms with Gasteiger partial charge in [-0.25, -0.2) is 9.78 Å². The van der Waals surface area contributed by atoms with Crippen molar-refractivity contribution in [2.24, 2.45) is 7.05 Å². The van der Waals surface area contributed by atoms with Gasteiger partial charge in [0.2, 0.25) is 0 Å². The van der Waals surface area contributed by atoms with E-state index in [9.17, 15) is 9.90 Å². The van der Waals surface area contributed by atoms with E-state index >= 15 is 0 Å². The van der Waals surface area contributed by atoms with Gasteiger partial charge in [-0.05, 0) is 6.92 Å². The third-order valence-electron chi connectivity index (χ3n) is 1.86. The highest BCUT2D eigenvalue weighted by molar-refractivity contribution is 5.76. The molecule has 1 aromatic heterocycles. The molecule has 1 aromatic rings. The smallest absolute Gasteiger partial charge is 0.336 e. The third-order valence-corrected chi connectivity index (χ3v) is 1.86. The van der Waals surface area contributed by atoms with E-state index in [2.05, 4.69) is 15.4 Å². The molecule has 7 nitrogen and oxygen atoms in total. The molecule has 0 aliphatic heterocycles. The predicted molar refractivity (Wildman–Crippen MR) is 51.0 cm³/mol. The van der Waals surface area contributed by atoms with E-state index < -0.39 is 11.6 Å². The van der Waals surface area contributed by atoms with Gasteiger partial charge in [-0.1, -0.05) is 0 Å². The van der Waals surface area contributed by atoms with Crippen LogP contribution < -0.4 is 5.32 Å².